The lowest BCUT2D eigenvalue weighted by Crippen LogP contribution is -2.33. The summed E-state index contributed by atoms with van der Waals surface area (Å²) in [6.07, 6.45) is 3.55. The molecule has 0 saturated carbocycles. The number of hydrogen-bond acceptors (Lipinski definition) is 1. The highest BCUT2D eigenvalue weighted by molar-refractivity contribution is 6.13. The average Bonchev–Trinajstić information content (AvgIpc) is 2.78. The Labute approximate surface area is 198 Å². The van der Waals surface area contributed by atoms with E-state index in [2.05, 4.69) is 65.1 Å². The van der Waals surface area contributed by atoms with E-state index >= 15 is 0 Å². The number of rotatable bonds is 8. The monoisotopic (exact) mass is 437 g/mol. The smallest absolute Gasteiger partial charge is 0.257 e. The molecule has 0 unspecified atom stereocenters. The standard InChI is InChI=1S/C30H33N2O/c1-8-24-13-12-16-28(26(24)9-2)31(30(33)22(3)4)29-15-11-10-14-27(29)25-19-17-23(18-20-25)21-32(5,6)7/h8-20H,1-3,21H2,4-7H3/q+1. The van der Waals surface area contributed by atoms with Gasteiger partial charge in [0.15, 0.2) is 0 Å². The van der Waals surface area contributed by atoms with E-state index in [9.17, 15) is 4.79 Å². The summed E-state index contributed by atoms with van der Waals surface area (Å²) in [6.45, 7) is 14.5. The number of carbonyl (C=O) groups is 1. The zero-order valence-electron chi connectivity index (χ0n) is 20.1. The van der Waals surface area contributed by atoms with Crippen LogP contribution in [0.3, 0.4) is 0 Å². The third kappa shape index (κ3) is 5.39. The van der Waals surface area contributed by atoms with Crippen molar-refractivity contribution in [1.29, 1.82) is 0 Å². The van der Waals surface area contributed by atoms with Crippen LogP contribution in [0.5, 0.6) is 0 Å². The highest BCUT2D eigenvalue weighted by atomic mass is 16.2. The first kappa shape index (κ1) is 24.0. The molecule has 3 nitrogen and oxygen atoms in total. The summed E-state index contributed by atoms with van der Waals surface area (Å²) < 4.78 is 0.862. The van der Waals surface area contributed by atoms with Crippen molar-refractivity contribution >= 4 is 29.4 Å². The molecule has 0 N–H and O–H groups in total. The van der Waals surface area contributed by atoms with E-state index in [1.54, 1.807) is 24.0 Å². The number of quaternary nitrogens is 1. The molecular weight excluding hydrogens is 404 g/mol. The third-order valence-corrected chi connectivity index (χ3v) is 5.42. The van der Waals surface area contributed by atoms with E-state index in [-0.39, 0.29) is 5.91 Å². The maximum atomic E-state index is 13.5. The van der Waals surface area contributed by atoms with Crippen molar-refractivity contribution in [2.45, 2.75) is 13.5 Å². The highest BCUT2D eigenvalue weighted by Gasteiger charge is 2.24. The number of para-hydroxylation sites is 1. The SMILES string of the molecule is C=Cc1cccc(N(C(=O)C(=C)C)c2ccccc2-c2ccc(C[N+](C)(C)C)cc2)c1C=C. The molecule has 3 aromatic rings. The molecule has 0 aromatic heterocycles. The summed E-state index contributed by atoms with van der Waals surface area (Å²) in [5, 5.41) is 0. The van der Waals surface area contributed by atoms with Crippen molar-refractivity contribution in [3.8, 4) is 11.1 Å². The van der Waals surface area contributed by atoms with Crippen molar-refractivity contribution in [2.75, 3.05) is 26.0 Å². The molecule has 0 heterocycles. The van der Waals surface area contributed by atoms with Crippen LogP contribution in [-0.4, -0.2) is 31.5 Å². The minimum atomic E-state index is -0.159. The molecule has 1 amide bonds. The van der Waals surface area contributed by atoms with Crippen LogP contribution in [0, 0.1) is 0 Å². The lowest BCUT2D eigenvalue weighted by molar-refractivity contribution is -0.884. The van der Waals surface area contributed by atoms with E-state index in [1.807, 2.05) is 42.5 Å². The minimum absolute atomic E-state index is 0.159. The first-order valence-electron chi connectivity index (χ1n) is 11.0. The van der Waals surface area contributed by atoms with Crippen LogP contribution in [0.1, 0.15) is 23.6 Å². The second-order valence-electron chi connectivity index (χ2n) is 9.27. The molecule has 168 valence electrons. The molecule has 0 saturated heterocycles. The van der Waals surface area contributed by atoms with Crippen LogP contribution in [0.25, 0.3) is 23.3 Å². The number of anilines is 2. The molecule has 3 aromatic carbocycles. The predicted molar refractivity (Wildman–Crippen MR) is 142 cm³/mol. The first-order valence-corrected chi connectivity index (χ1v) is 11.0. The van der Waals surface area contributed by atoms with Gasteiger partial charge in [0.05, 0.1) is 32.5 Å². The van der Waals surface area contributed by atoms with E-state index < -0.39 is 0 Å². The van der Waals surface area contributed by atoms with Crippen LogP contribution in [-0.2, 0) is 11.3 Å². The molecule has 0 bridgehead atoms. The molecule has 33 heavy (non-hydrogen) atoms. The molecule has 0 atom stereocenters. The number of carbonyl (C=O) groups excluding carboxylic acids is 1. The van der Waals surface area contributed by atoms with Crippen molar-refractivity contribution in [3.63, 3.8) is 0 Å². The molecule has 0 aliphatic rings. The second-order valence-corrected chi connectivity index (χ2v) is 9.27. The summed E-state index contributed by atoms with van der Waals surface area (Å²) in [7, 11) is 6.54. The lowest BCUT2D eigenvalue weighted by Gasteiger charge is -2.28. The quantitative estimate of drug-likeness (QED) is 0.272. The zero-order valence-corrected chi connectivity index (χ0v) is 20.1. The third-order valence-electron chi connectivity index (χ3n) is 5.42. The fourth-order valence-electron chi connectivity index (χ4n) is 3.96. The van der Waals surface area contributed by atoms with Gasteiger partial charge in [0, 0.05) is 22.3 Å². The van der Waals surface area contributed by atoms with Crippen LogP contribution in [0.15, 0.2) is 92.0 Å². The van der Waals surface area contributed by atoms with Crippen LogP contribution >= 0.6 is 0 Å². The summed E-state index contributed by atoms with van der Waals surface area (Å²) >= 11 is 0. The highest BCUT2D eigenvalue weighted by Crippen LogP contribution is 2.39. The molecule has 0 aliphatic carbocycles. The number of nitrogens with zero attached hydrogens (tertiary/aromatic N) is 2. The van der Waals surface area contributed by atoms with E-state index in [4.69, 9.17) is 0 Å². The second kappa shape index (κ2) is 9.85. The largest absolute Gasteiger partial charge is 0.327 e. The number of hydrogen-bond donors (Lipinski definition) is 0. The van der Waals surface area contributed by atoms with Gasteiger partial charge in [0.2, 0.25) is 0 Å². The molecular formula is C30H33N2O+. The van der Waals surface area contributed by atoms with Gasteiger partial charge in [-0.05, 0) is 30.2 Å². The predicted octanol–water partition coefficient (Wildman–Crippen LogP) is 7.09. The Bertz CT molecular complexity index is 1200. The Hall–Kier alpha value is -3.69. The minimum Gasteiger partial charge on any atom is -0.327 e. The summed E-state index contributed by atoms with van der Waals surface area (Å²) in [5.41, 5.74) is 7.09. The maximum absolute atomic E-state index is 13.5. The van der Waals surface area contributed by atoms with Gasteiger partial charge in [-0.3, -0.25) is 9.69 Å². The Kier molecular flexibility index (Phi) is 7.15. The Morgan fingerprint density at radius 3 is 2.09 bits per heavy atom. The Morgan fingerprint density at radius 1 is 0.879 bits per heavy atom. The molecule has 0 fully saturated rings. The average molecular weight is 438 g/mol. The lowest BCUT2D eigenvalue weighted by atomic mass is 9.98. The van der Waals surface area contributed by atoms with Gasteiger partial charge in [-0.25, -0.2) is 0 Å². The zero-order chi connectivity index (χ0) is 24.2. The summed E-state index contributed by atoms with van der Waals surface area (Å²) in [6, 6.07) is 22.4. The van der Waals surface area contributed by atoms with E-state index in [1.165, 1.54) is 5.56 Å². The van der Waals surface area contributed by atoms with E-state index in [0.29, 0.717) is 5.57 Å². The first-order chi connectivity index (χ1) is 15.7. The maximum Gasteiger partial charge on any atom is 0.257 e. The van der Waals surface area contributed by atoms with Crippen molar-refractivity contribution < 1.29 is 9.28 Å². The molecule has 3 rings (SSSR count). The van der Waals surface area contributed by atoms with Gasteiger partial charge < -0.3 is 4.48 Å². The van der Waals surface area contributed by atoms with Gasteiger partial charge >= 0.3 is 0 Å². The van der Waals surface area contributed by atoms with Gasteiger partial charge in [-0.15, -0.1) is 0 Å². The van der Waals surface area contributed by atoms with Gasteiger partial charge in [0.25, 0.3) is 5.91 Å². The summed E-state index contributed by atoms with van der Waals surface area (Å²) in [5.74, 6) is -0.159. The van der Waals surface area contributed by atoms with Crippen LogP contribution in [0.2, 0.25) is 0 Å². The van der Waals surface area contributed by atoms with Crippen LogP contribution < -0.4 is 4.90 Å². The molecule has 0 radical (unpaired) electrons. The van der Waals surface area contributed by atoms with Crippen LogP contribution in [0.4, 0.5) is 11.4 Å². The Balaban J connectivity index is 2.19. The molecule has 0 spiro atoms. The molecule has 3 heteroatoms. The van der Waals surface area contributed by atoms with Crippen molar-refractivity contribution in [2.24, 2.45) is 0 Å². The summed E-state index contributed by atoms with van der Waals surface area (Å²) in [4.78, 5) is 15.2. The van der Waals surface area contributed by atoms with Crippen molar-refractivity contribution in [1.82, 2.24) is 0 Å². The number of benzene rings is 3. The molecule has 0 aliphatic heterocycles. The topological polar surface area (TPSA) is 20.3 Å². The van der Waals surface area contributed by atoms with Gasteiger partial charge in [-0.1, -0.05) is 86.5 Å². The van der Waals surface area contributed by atoms with E-state index in [0.717, 1.165) is 44.7 Å². The van der Waals surface area contributed by atoms with Gasteiger partial charge in [0.1, 0.15) is 6.54 Å². The fraction of sp³-hybridized carbons (Fsp3) is 0.167. The normalized spacial score (nSPS) is 11.0. The number of amides is 1. The fourth-order valence-corrected chi connectivity index (χ4v) is 3.96. The Morgan fingerprint density at radius 2 is 1.52 bits per heavy atom. The van der Waals surface area contributed by atoms with Gasteiger partial charge in [-0.2, -0.15) is 0 Å². The van der Waals surface area contributed by atoms with Crippen molar-refractivity contribution in [3.05, 3.63) is 109 Å².